The Hall–Kier alpha value is -4.20. The fraction of sp³-hybridized carbons (Fsp3) is 0.0909. The monoisotopic (exact) mass is 402 g/mol. The summed E-state index contributed by atoms with van der Waals surface area (Å²) in [5.41, 5.74) is 2.94. The molecule has 0 saturated heterocycles. The van der Waals surface area contributed by atoms with E-state index in [4.69, 9.17) is 4.74 Å². The Morgan fingerprint density at radius 3 is 2.70 bits per heavy atom. The van der Waals surface area contributed by atoms with Crippen molar-refractivity contribution < 1.29 is 14.5 Å². The van der Waals surface area contributed by atoms with Crippen molar-refractivity contribution in [1.29, 1.82) is 0 Å². The van der Waals surface area contributed by atoms with Crippen LogP contribution < -0.4 is 10.1 Å². The molecule has 0 atom stereocenters. The van der Waals surface area contributed by atoms with E-state index in [1.54, 1.807) is 30.3 Å². The van der Waals surface area contributed by atoms with Gasteiger partial charge in [-0.15, -0.1) is 0 Å². The molecule has 0 fully saturated rings. The molecule has 30 heavy (non-hydrogen) atoms. The van der Waals surface area contributed by atoms with Crippen molar-refractivity contribution in [2.75, 3.05) is 5.32 Å². The van der Waals surface area contributed by atoms with Crippen LogP contribution in [0.2, 0.25) is 0 Å². The highest BCUT2D eigenvalue weighted by Crippen LogP contribution is 2.19. The number of fused-ring (bicyclic) bond motifs is 1. The van der Waals surface area contributed by atoms with Gasteiger partial charge in [-0.2, -0.15) is 0 Å². The van der Waals surface area contributed by atoms with Crippen LogP contribution in [0.3, 0.4) is 0 Å². The van der Waals surface area contributed by atoms with Gasteiger partial charge in [0.05, 0.1) is 17.0 Å². The van der Waals surface area contributed by atoms with Crippen molar-refractivity contribution in [2.45, 2.75) is 13.0 Å². The molecule has 0 spiro atoms. The van der Waals surface area contributed by atoms with E-state index in [0.29, 0.717) is 23.6 Å². The number of benzene rings is 2. The number of ether oxygens (including phenoxy) is 1. The molecule has 1 amide bonds. The van der Waals surface area contributed by atoms with Gasteiger partial charge in [0.15, 0.2) is 0 Å². The summed E-state index contributed by atoms with van der Waals surface area (Å²) < 4.78 is 7.73. The van der Waals surface area contributed by atoms with Gasteiger partial charge in [0, 0.05) is 36.3 Å². The minimum Gasteiger partial charge on any atom is -0.487 e. The zero-order valence-electron chi connectivity index (χ0n) is 15.9. The standard InChI is InChI=1S/C22H18N4O4/c27-22(12-16-7-9-19(10-8-16)26(28)29)24-17-4-3-5-20(13-17)30-15-18-14-25-11-2-1-6-21(25)23-18/h1-11,13-14H,12,15H2,(H,24,27). The fourth-order valence-corrected chi connectivity index (χ4v) is 3.00. The van der Waals surface area contributed by atoms with Crippen LogP contribution in [0.4, 0.5) is 11.4 Å². The Morgan fingerprint density at radius 1 is 1.10 bits per heavy atom. The first kappa shape index (κ1) is 19.1. The largest absolute Gasteiger partial charge is 0.487 e. The molecule has 150 valence electrons. The number of imidazole rings is 1. The van der Waals surface area contributed by atoms with Gasteiger partial charge in [-0.1, -0.05) is 24.3 Å². The van der Waals surface area contributed by atoms with Crippen molar-refractivity contribution in [3.8, 4) is 5.75 Å². The Bertz CT molecular complexity index is 1170. The van der Waals surface area contributed by atoms with Crippen LogP contribution in [-0.2, 0) is 17.8 Å². The third-order valence-corrected chi connectivity index (χ3v) is 4.43. The molecule has 2 heterocycles. The molecule has 4 aromatic rings. The Balaban J connectivity index is 1.35. The summed E-state index contributed by atoms with van der Waals surface area (Å²) in [7, 11) is 0. The lowest BCUT2D eigenvalue weighted by Gasteiger charge is -2.08. The van der Waals surface area contributed by atoms with E-state index in [0.717, 1.165) is 11.3 Å². The van der Waals surface area contributed by atoms with Crippen molar-refractivity contribution in [3.63, 3.8) is 0 Å². The van der Waals surface area contributed by atoms with Crippen LogP contribution >= 0.6 is 0 Å². The minimum absolute atomic E-state index is 0.00498. The second-order valence-electron chi connectivity index (χ2n) is 6.66. The summed E-state index contributed by atoms with van der Waals surface area (Å²) in [5, 5.41) is 13.5. The number of nitro groups is 1. The van der Waals surface area contributed by atoms with Gasteiger partial charge in [0.25, 0.3) is 5.69 Å². The molecule has 2 aromatic carbocycles. The number of anilines is 1. The van der Waals surface area contributed by atoms with Gasteiger partial charge < -0.3 is 14.5 Å². The maximum Gasteiger partial charge on any atom is 0.269 e. The van der Waals surface area contributed by atoms with Crippen LogP contribution in [-0.4, -0.2) is 20.2 Å². The summed E-state index contributed by atoms with van der Waals surface area (Å²) in [6.07, 6.45) is 3.95. The lowest BCUT2D eigenvalue weighted by Crippen LogP contribution is -2.14. The number of nitrogens with zero attached hydrogens (tertiary/aromatic N) is 3. The molecule has 8 heteroatoms. The van der Waals surface area contributed by atoms with Crippen molar-refractivity contribution in [1.82, 2.24) is 9.38 Å². The maximum atomic E-state index is 12.3. The van der Waals surface area contributed by atoms with E-state index in [1.165, 1.54) is 12.1 Å². The SMILES string of the molecule is O=C(Cc1ccc([N+](=O)[O-])cc1)Nc1cccc(OCc2cn3ccccc3n2)c1. The topological polar surface area (TPSA) is 98.8 Å². The molecule has 1 N–H and O–H groups in total. The number of pyridine rings is 1. The van der Waals surface area contributed by atoms with Gasteiger partial charge >= 0.3 is 0 Å². The average molecular weight is 402 g/mol. The molecule has 0 bridgehead atoms. The number of rotatable bonds is 7. The Morgan fingerprint density at radius 2 is 1.93 bits per heavy atom. The van der Waals surface area contributed by atoms with Gasteiger partial charge in [-0.25, -0.2) is 4.98 Å². The lowest BCUT2D eigenvalue weighted by atomic mass is 10.1. The second kappa shape index (κ2) is 8.44. The minimum atomic E-state index is -0.471. The number of amides is 1. The summed E-state index contributed by atoms with van der Waals surface area (Å²) in [4.78, 5) is 27.0. The number of hydrogen-bond donors (Lipinski definition) is 1. The molecule has 0 unspecified atom stereocenters. The highest BCUT2D eigenvalue weighted by atomic mass is 16.6. The highest BCUT2D eigenvalue weighted by Gasteiger charge is 2.09. The van der Waals surface area contributed by atoms with Crippen molar-refractivity contribution in [2.24, 2.45) is 0 Å². The van der Waals surface area contributed by atoms with Gasteiger partial charge in [-0.3, -0.25) is 14.9 Å². The lowest BCUT2D eigenvalue weighted by molar-refractivity contribution is -0.384. The van der Waals surface area contributed by atoms with Crippen LogP contribution in [0, 0.1) is 10.1 Å². The molecule has 0 aliphatic rings. The summed E-state index contributed by atoms with van der Waals surface area (Å²) in [6.45, 7) is 0.307. The Labute approximate surface area is 171 Å². The average Bonchev–Trinajstić information content (AvgIpc) is 3.16. The van der Waals surface area contributed by atoms with Gasteiger partial charge in [0.2, 0.25) is 5.91 Å². The Kier molecular flexibility index (Phi) is 5.38. The quantitative estimate of drug-likeness (QED) is 0.372. The van der Waals surface area contributed by atoms with Crippen LogP contribution in [0.1, 0.15) is 11.3 Å². The number of carbonyl (C=O) groups is 1. The fourth-order valence-electron chi connectivity index (χ4n) is 3.00. The van der Waals surface area contributed by atoms with E-state index in [1.807, 2.05) is 41.1 Å². The number of nitro benzene ring substituents is 1. The molecule has 0 aliphatic carbocycles. The summed E-state index contributed by atoms with van der Waals surface area (Å²) >= 11 is 0. The van der Waals surface area contributed by atoms with E-state index in [2.05, 4.69) is 10.3 Å². The zero-order valence-corrected chi connectivity index (χ0v) is 15.9. The van der Waals surface area contributed by atoms with E-state index in [-0.39, 0.29) is 18.0 Å². The van der Waals surface area contributed by atoms with E-state index >= 15 is 0 Å². The predicted molar refractivity (Wildman–Crippen MR) is 111 cm³/mol. The second-order valence-corrected chi connectivity index (χ2v) is 6.66. The molecular weight excluding hydrogens is 384 g/mol. The smallest absolute Gasteiger partial charge is 0.269 e. The van der Waals surface area contributed by atoms with Crippen LogP contribution in [0.15, 0.2) is 79.1 Å². The normalized spacial score (nSPS) is 10.7. The highest BCUT2D eigenvalue weighted by molar-refractivity contribution is 5.92. The number of nitrogens with one attached hydrogen (secondary N) is 1. The first-order valence-electron chi connectivity index (χ1n) is 9.25. The number of carbonyl (C=O) groups excluding carboxylic acids is 1. The summed E-state index contributed by atoms with van der Waals surface area (Å²) in [6, 6.07) is 18.8. The third kappa shape index (κ3) is 4.61. The zero-order chi connectivity index (χ0) is 20.9. The van der Waals surface area contributed by atoms with Gasteiger partial charge in [-0.05, 0) is 29.8 Å². The molecular formula is C22H18N4O4. The molecule has 2 aromatic heterocycles. The van der Waals surface area contributed by atoms with Crippen molar-refractivity contribution >= 4 is 22.9 Å². The third-order valence-electron chi connectivity index (χ3n) is 4.43. The molecule has 0 radical (unpaired) electrons. The predicted octanol–water partition coefficient (Wildman–Crippen LogP) is 4.00. The van der Waals surface area contributed by atoms with Gasteiger partial charge in [0.1, 0.15) is 18.0 Å². The first-order chi connectivity index (χ1) is 14.6. The number of non-ortho nitro benzene ring substituents is 1. The van der Waals surface area contributed by atoms with Crippen molar-refractivity contribution in [3.05, 3.63) is 100 Å². The first-order valence-corrected chi connectivity index (χ1v) is 9.25. The number of hydrogen-bond acceptors (Lipinski definition) is 5. The molecule has 4 rings (SSSR count). The van der Waals surface area contributed by atoms with Crippen LogP contribution in [0.5, 0.6) is 5.75 Å². The molecule has 0 saturated carbocycles. The molecule has 8 nitrogen and oxygen atoms in total. The summed E-state index contributed by atoms with van der Waals surface area (Å²) in [5.74, 6) is 0.390. The van der Waals surface area contributed by atoms with E-state index in [9.17, 15) is 14.9 Å². The van der Waals surface area contributed by atoms with Crippen LogP contribution in [0.25, 0.3) is 5.65 Å². The van der Waals surface area contributed by atoms with E-state index < -0.39 is 4.92 Å². The number of aromatic nitrogens is 2. The maximum absolute atomic E-state index is 12.3. The molecule has 0 aliphatic heterocycles.